The molecule has 2 aliphatic rings. The lowest BCUT2D eigenvalue weighted by Gasteiger charge is -2.22. The molecule has 3 heteroatoms. The lowest BCUT2D eigenvalue weighted by atomic mass is 9.84. The van der Waals surface area contributed by atoms with Crippen molar-refractivity contribution in [2.45, 2.75) is 43.6 Å². The van der Waals surface area contributed by atoms with Gasteiger partial charge in [0, 0.05) is 16.4 Å². The second kappa shape index (κ2) is 7.49. The first-order valence-corrected chi connectivity index (χ1v) is 9.92. The van der Waals surface area contributed by atoms with Crippen LogP contribution in [0.25, 0.3) is 0 Å². The molecule has 0 aromatic heterocycles. The molecule has 2 fully saturated rings. The highest BCUT2D eigenvalue weighted by Crippen LogP contribution is 2.41. The molecule has 1 saturated heterocycles. The summed E-state index contributed by atoms with van der Waals surface area (Å²) in [6.45, 7) is 2.10. The minimum Gasteiger partial charge on any atom is -0.473 e. The minimum atomic E-state index is 0.306. The summed E-state index contributed by atoms with van der Waals surface area (Å²) in [6, 6.07) is 18.8. The zero-order valence-corrected chi connectivity index (χ0v) is 15.3. The number of hydrogen-bond acceptors (Lipinski definition) is 3. The summed E-state index contributed by atoms with van der Waals surface area (Å²) < 4.78 is 6.27. The number of hydrogen-bond donors (Lipinski definition) is 0. The largest absolute Gasteiger partial charge is 0.473 e. The van der Waals surface area contributed by atoms with Crippen LogP contribution in [-0.2, 0) is 4.74 Å². The maximum atomic E-state index is 6.27. The van der Waals surface area contributed by atoms with Gasteiger partial charge in [0.15, 0.2) is 0 Å². The highest BCUT2D eigenvalue weighted by Gasteiger charge is 2.39. The number of fused-ring (bicyclic) bond motifs is 1. The Morgan fingerprint density at radius 3 is 2.56 bits per heavy atom. The van der Waals surface area contributed by atoms with Crippen LogP contribution in [0.5, 0.6) is 0 Å². The average Bonchev–Trinajstić information content (AvgIpc) is 3.00. The highest BCUT2D eigenvalue weighted by atomic mass is 32.2. The molecular formula is C22H23NOS. The monoisotopic (exact) mass is 349 g/mol. The zero-order chi connectivity index (χ0) is 17.1. The molecule has 2 nitrogen and oxygen atoms in total. The van der Waals surface area contributed by atoms with Crippen molar-refractivity contribution in [3.63, 3.8) is 0 Å². The van der Waals surface area contributed by atoms with Gasteiger partial charge in [-0.1, -0.05) is 54.1 Å². The van der Waals surface area contributed by atoms with Crippen molar-refractivity contribution in [3.05, 3.63) is 71.1 Å². The Kier molecular flexibility index (Phi) is 4.93. The molecule has 0 radical (unpaired) electrons. The molecule has 2 aromatic rings. The molecule has 128 valence electrons. The van der Waals surface area contributed by atoms with Crippen molar-refractivity contribution >= 4 is 23.3 Å². The van der Waals surface area contributed by atoms with Gasteiger partial charge in [0.05, 0.1) is 5.69 Å². The first kappa shape index (κ1) is 16.5. The molecule has 1 aliphatic carbocycles. The van der Waals surface area contributed by atoms with Crippen LogP contribution in [0.2, 0.25) is 0 Å². The third-order valence-corrected chi connectivity index (χ3v) is 5.86. The number of aliphatic imine (C=N–C) groups is 1. The van der Waals surface area contributed by atoms with Crippen molar-refractivity contribution < 1.29 is 4.74 Å². The molecule has 0 N–H and O–H groups in total. The van der Waals surface area contributed by atoms with Gasteiger partial charge in [0.2, 0.25) is 5.90 Å². The number of benzene rings is 2. The fourth-order valence-electron chi connectivity index (χ4n) is 3.56. The maximum absolute atomic E-state index is 6.27. The molecule has 2 unspecified atom stereocenters. The van der Waals surface area contributed by atoms with Crippen LogP contribution in [0.4, 0.5) is 5.69 Å². The Morgan fingerprint density at radius 2 is 1.76 bits per heavy atom. The molecular weight excluding hydrogens is 326 g/mol. The quantitative estimate of drug-likeness (QED) is 0.607. The van der Waals surface area contributed by atoms with E-state index in [-0.39, 0.29) is 0 Å². The van der Waals surface area contributed by atoms with E-state index < -0.39 is 0 Å². The summed E-state index contributed by atoms with van der Waals surface area (Å²) in [7, 11) is 0. The molecule has 1 aliphatic heterocycles. The Balaban J connectivity index is 1.64. The predicted molar refractivity (Wildman–Crippen MR) is 105 cm³/mol. The first-order chi connectivity index (χ1) is 12.3. The maximum Gasteiger partial charge on any atom is 0.218 e. The second-order valence-corrected chi connectivity index (χ2v) is 7.75. The van der Waals surface area contributed by atoms with Gasteiger partial charge in [0.25, 0.3) is 0 Å². The smallest absolute Gasteiger partial charge is 0.218 e. The van der Waals surface area contributed by atoms with E-state index in [0.717, 1.165) is 18.0 Å². The fourth-order valence-corrected chi connectivity index (χ4v) is 4.41. The molecule has 1 saturated carbocycles. The molecule has 0 bridgehead atoms. The van der Waals surface area contributed by atoms with Crippen LogP contribution >= 0.6 is 11.8 Å². The SMILES string of the molecule is Cc1ccc(/N=C2\OC3CCCCC3\C2=C/Sc2ccccc2)cc1. The molecule has 4 rings (SSSR count). The minimum absolute atomic E-state index is 0.306. The highest BCUT2D eigenvalue weighted by molar-refractivity contribution is 8.02. The van der Waals surface area contributed by atoms with Crippen LogP contribution in [-0.4, -0.2) is 12.0 Å². The fraction of sp³-hybridized carbons (Fsp3) is 0.318. The number of rotatable bonds is 3. The van der Waals surface area contributed by atoms with Gasteiger partial charge >= 0.3 is 0 Å². The van der Waals surface area contributed by atoms with Crippen LogP contribution in [0.1, 0.15) is 31.2 Å². The van der Waals surface area contributed by atoms with Crippen LogP contribution in [0.15, 0.2) is 75.5 Å². The van der Waals surface area contributed by atoms with E-state index in [9.17, 15) is 0 Å². The standard InChI is InChI=1S/C22H23NOS/c1-16-11-13-17(14-12-16)23-22-20(15-25-18-7-3-2-4-8-18)19-9-5-6-10-21(19)24-22/h2-4,7-8,11-15,19,21H,5-6,9-10H2,1H3/b20-15+,23-22-. The van der Waals surface area contributed by atoms with Gasteiger partial charge in [-0.05, 0) is 55.9 Å². The number of ether oxygens (including phenoxy) is 1. The number of aryl methyl sites for hydroxylation is 1. The van der Waals surface area contributed by atoms with Crippen LogP contribution < -0.4 is 0 Å². The van der Waals surface area contributed by atoms with Crippen LogP contribution in [0, 0.1) is 12.8 Å². The topological polar surface area (TPSA) is 21.6 Å². The van der Waals surface area contributed by atoms with Gasteiger partial charge in [0.1, 0.15) is 6.10 Å². The zero-order valence-electron chi connectivity index (χ0n) is 14.5. The van der Waals surface area contributed by atoms with Gasteiger partial charge < -0.3 is 4.74 Å². The first-order valence-electron chi connectivity index (χ1n) is 9.04. The average molecular weight is 349 g/mol. The predicted octanol–water partition coefficient (Wildman–Crippen LogP) is 6.29. The molecule has 0 spiro atoms. The number of nitrogens with zero attached hydrogens (tertiary/aromatic N) is 1. The van der Waals surface area contributed by atoms with E-state index in [1.165, 1.54) is 35.3 Å². The van der Waals surface area contributed by atoms with E-state index in [4.69, 9.17) is 9.73 Å². The molecule has 2 atom stereocenters. The van der Waals surface area contributed by atoms with Gasteiger partial charge in [-0.2, -0.15) is 0 Å². The van der Waals surface area contributed by atoms with E-state index in [0.29, 0.717) is 12.0 Å². The van der Waals surface area contributed by atoms with E-state index >= 15 is 0 Å². The third-order valence-electron chi connectivity index (χ3n) is 4.94. The van der Waals surface area contributed by atoms with Gasteiger partial charge in [-0.25, -0.2) is 4.99 Å². The summed E-state index contributed by atoms with van der Waals surface area (Å²) in [5.74, 6) is 1.32. The Morgan fingerprint density at radius 1 is 1.00 bits per heavy atom. The van der Waals surface area contributed by atoms with Crippen molar-refractivity contribution in [3.8, 4) is 0 Å². The summed E-state index contributed by atoms with van der Waals surface area (Å²) in [4.78, 5) is 6.08. The van der Waals surface area contributed by atoms with Gasteiger partial charge in [-0.3, -0.25) is 0 Å². The second-order valence-electron chi connectivity index (χ2n) is 6.80. The van der Waals surface area contributed by atoms with Crippen molar-refractivity contribution in [2.24, 2.45) is 10.9 Å². The lowest BCUT2D eigenvalue weighted by Crippen LogP contribution is -2.20. The molecule has 0 amide bonds. The lowest BCUT2D eigenvalue weighted by molar-refractivity contribution is 0.136. The van der Waals surface area contributed by atoms with E-state index in [1.54, 1.807) is 11.8 Å². The van der Waals surface area contributed by atoms with Gasteiger partial charge in [-0.15, -0.1) is 0 Å². The summed E-state index contributed by atoms with van der Waals surface area (Å²) in [6.07, 6.45) is 5.21. The molecule has 2 aromatic carbocycles. The van der Waals surface area contributed by atoms with E-state index in [2.05, 4.69) is 66.9 Å². The summed E-state index contributed by atoms with van der Waals surface area (Å²) in [5, 5.41) is 2.26. The molecule has 1 heterocycles. The Labute approximate surface area is 154 Å². The molecule has 25 heavy (non-hydrogen) atoms. The normalized spacial score (nSPS) is 25.8. The third kappa shape index (κ3) is 3.82. The van der Waals surface area contributed by atoms with E-state index in [1.807, 2.05) is 0 Å². The summed E-state index contributed by atoms with van der Waals surface area (Å²) in [5.41, 5.74) is 3.49. The Bertz CT molecular complexity index is 779. The van der Waals surface area contributed by atoms with Crippen molar-refractivity contribution in [2.75, 3.05) is 0 Å². The Hall–Kier alpha value is -2.00. The van der Waals surface area contributed by atoms with Crippen molar-refractivity contribution in [1.29, 1.82) is 0 Å². The van der Waals surface area contributed by atoms with Crippen molar-refractivity contribution in [1.82, 2.24) is 0 Å². The summed E-state index contributed by atoms with van der Waals surface area (Å²) >= 11 is 1.77. The van der Waals surface area contributed by atoms with Crippen LogP contribution in [0.3, 0.4) is 0 Å². The number of thioether (sulfide) groups is 1.